The topological polar surface area (TPSA) is 51.8 Å². The molecule has 0 aliphatic carbocycles. The van der Waals surface area contributed by atoms with Crippen LogP contribution in [0.15, 0.2) is 83.4 Å². The largest absolute Gasteiger partial charge is 0.486 e. The van der Waals surface area contributed by atoms with Gasteiger partial charge in [-0.1, -0.05) is 56.0 Å². The Balaban J connectivity index is 0.000000240. The van der Waals surface area contributed by atoms with E-state index >= 15 is 0 Å². The van der Waals surface area contributed by atoms with Crippen LogP contribution in [-0.4, -0.2) is 15.0 Å². The van der Waals surface area contributed by atoms with Crippen LogP contribution in [0.5, 0.6) is 0 Å². The number of nitrogens with zero attached hydrogens (tertiary/aromatic N) is 3. The maximum atomic E-state index is 8.72. The van der Waals surface area contributed by atoms with Gasteiger partial charge in [0.2, 0.25) is 5.71 Å². The minimum Gasteiger partial charge on any atom is -0.486 e. The Morgan fingerprint density at radius 1 is 0.837 bits per heavy atom. The van der Waals surface area contributed by atoms with E-state index in [2.05, 4.69) is 28.2 Å². The van der Waals surface area contributed by atoms with Crippen molar-refractivity contribution in [1.82, 2.24) is 15.0 Å². The summed E-state index contributed by atoms with van der Waals surface area (Å²) in [5.41, 5.74) is 7.45. The molecule has 7 aromatic rings. The monoisotopic (exact) mass is 762 g/mol. The fourth-order valence-electron chi connectivity index (χ4n) is 4.78. The van der Waals surface area contributed by atoms with Gasteiger partial charge in [0.15, 0.2) is 0 Å². The van der Waals surface area contributed by atoms with E-state index < -0.39 is 11.8 Å². The molecule has 5 heterocycles. The predicted molar refractivity (Wildman–Crippen MR) is 175 cm³/mol. The number of hydrogen-bond acceptors (Lipinski definition) is 5. The molecule has 43 heavy (non-hydrogen) atoms. The zero-order chi connectivity index (χ0) is 31.2. The van der Waals surface area contributed by atoms with Crippen molar-refractivity contribution in [2.45, 2.75) is 47.9 Å². The molecule has 6 heteroatoms. The standard InChI is InChI=1S/C25H23N2OS.C12H10N.Ir/c1-14-9-10-18-17-7-6-8-19(22(17)28-23(18)26-14)20-12-11-16-15(2)21(13-25(3,4)5)29-24(16)27-20;1-10-7-8-12(13-9-10)11-5-3-2-4-6-11;/h6-7,9-12H,13H2,1-5H3;2-5,7-9H,1H3;/q2*-1;/i13D2;;. The van der Waals surface area contributed by atoms with Gasteiger partial charge >= 0.3 is 0 Å². The fourth-order valence-corrected chi connectivity index (χ4v) is 6.07. The van der Waals surface area contributed by atoms with Crippen molar-refractivity contribution in [3.05, 3.63) is 113 Å². The average molecular weight is 762 g/mol. The Hall–Kier alpha value is -3.70. The van der Waals surface area contributed by atoms with Crippen LogP contribution < -0.4 is 0 Å². The van der Waals surface area contributed by atoms with E-state index in [1.165, 1.54) is 16.9 Å². The molecule has 0 spiro atoms. The molecule has 0 saturated carbocycles. The quantitative estimate of drug-likeness (QED) is 0.168. The first kappa shape index (κ1) is 28.1. The number of hydrogen-bond donors (Lipinski definition) is 0. The van der Waals surface area contributed by atoms with Crippen LogP contribution in [0.2, 0.25) is 0 Å². The first-order chi connectivity index (χ1) is 20.9. The first-order valence-electron chi connectivity index (χ1n) is 15.0. The normalized spacial score (nSPS) is 12.4. The molecule has 4 nitrogen and oxygen atoms in total. The summed E-state index contributed by atoms with van der Waals surface area (Å²) in [5, 5.41) is 2.96. The van der Waals surface area contributed by atoms with Crippen molar-refractivity contribution < 1.29 is 27.3 Å². The summed E-state index contributed by atoms with van der Waals surface area (Å²) < 4.78 is 23.6. The van der Waals surface area contributed by atoms with Gasteiger partial charge in [0.25, 0.3) is 0 Å². The number of benzene rings is 2. The molecule has 0 fully saturated rings. The van der Waals surface area contributed by atoms with E-state index in [0.717, 1.165) is 65.2 Å². The summed E-state index contributed by atoms with van der Waals surface area (Å²) >= 11 is 1.44. The van der Waals surface area contributed by atoms with Crippen LogP contribution in [-0.2, 0) is 26.5 Å². The van der Waals surface area contributed by atoms with Gasteiger partial charge in [0, 0.05) is 50.4 Å². The number of pyridine rings is 3. The van der Waals surface area contributed by atoms with Gasteiger partial charge in [0.05, 0.1) is 5.58 Å². The van der Waals surface area contributed by atoms with E-state index in [9.17, 15) is 0 Å². The minimum absolute atomic E-state index is 0. The number of thiophene rings is 1. The molecule has 0 aliphatic heterocycles. The molecule has 1 radical (unpaired) electrons. The molecule has 0 amide bonds. The van der Waals surface area contributed by atoms with Crippen LogP contribution >= 0.6 is 11.3 Å². The fraction of sp³-hybridized carbons (Fsp3) is 0.216. The number of aryl methyl sites for hydroxylation is 3. The van der Waals surface area contributed by atoms with E-state index in [0.29, 0.717) is 5.71 Å². The summed E-state index contributed by atoms with van der Waals surface area (Å²) in [6.45, 7) is 11.8. The summed E-state index contributed by atoms with van der Waals surface area (Å²) in [4.78, 5) is 15.3. The Kier molecular flexibility index (Phi) is 8.16. The molecule has 2 aromatic carbocycles. The molecule has 0 atom stereocenters. The zero-order valence-electron chi connectivity index (χ0n) is 27.0. The summed E-state index contributed by atoms with van der Waals surface area (Å²) in [5.74, 6) is 0. The van der Waals surface area contributed by atoms with Gasteiger partial charge < -0.3 is 9.40 Å². The van der Waals surface area contributed by atoms with Crippen LogP contribution in [0, 0.1) is 38.3 Å². The average Bonchev–Trinajstić information content (AvgIpc) is 3.54. The number of fused-ring (bicyclic) bond motifs is 4. The van der Waals surface area contributed by atoms with E-state index in [1.54, 1.807) is 0 Å². The van der Waals surface area contributed by atoms with Crippen molar-refractivity contribution in [2.75, 3.05) is 0 Å². The molecule has 0 saturated heterocycles. The van der Waals surface area contributed by atoms with E-state index in [4.69, 9.17) is 12.1 Å². The van der Waals surface area contributed by atoms with E-state index in [-0.39, 0.29) is 20.1 Å². The summed E-state index contributed by atoms with van der Waals surface area (Å²) in [7, 11) is 0. The number of rotatable bonds is 3. The Morgan fingerprint density at radius 2 is 1.63 bits per heavy atom. The van der Waals surface area contributed by atoms with Crippen molar-refractivity contribution in [3.8, 4) is 22.5 Å². The molecule has 219 valence electrons. The van der Waals surface area contributed by atoms with Gasteiger partial charge in [-0.05, 0) is 67.2 Å². The molecule has 5 aromatic heterocycles. The number of furan rings is 1. The zero-order valence-corrected chi connectivity index (χ0v) is 28.2. The molecule has 0 aliphatic rings. The third-order valence-electron chi connectivity index (χ3n) is 6.88. The molecular weight excluding hydrogens is 727 g/mol. The van der Waals surface area contributed by atoms with Crippen molar-refractivity contribution in [2.24, 2.45) is 5.41 Å². The van der Waals surface area contributed by atoms with Crippen molar-refractivity contribution in [3.63, 3.8) is 0 Å². The molecule has 0 bridgehead atoms. The Labute approximate surface area is 273 Å². The summed E-state index contributed by atoms with van der Waals surface area (Å²) in [6.07, 6.45) is 0.424. The van der Waals surface area contributed by atoms with Crippen molar-refractivity contribution >= 4 is 43.6 Å². The van der Waals surface area contributed by atoms with Crippen molar-refractivity contribution in [1.29, 1.82) is 0 Å². The van der Waals surface area contributed by atoms with Crippen LogP contribution in [0.1, 0.15) is 45.2 Å². The molecular formula is C37H33IrN3OS-2. The second-order valence-corrected chi connectivity index (χ2v) is 12.5. The maximum Gasteiger partial charge on any atom is 0.216 e. The Bertz CT molecular complexity index is 2110. The van der Waals surface area contributed by atoms with Crippen LogP contribution in [0.25, 0.3) is 54.8 Å². The van der Waals surface area contributed by atoms with Gasteiger partial charge in [-0.2, -0.15) is 0 Å². The Morgan fingerprint density at radius 3 is 2.35 bits per heavy atom. The minimum atomic E-state index is -1.45. The third-order valence-corrected chi connectivity index (χ3v) is 8.00. The van der Waals surface area contributed by atoms with Gasteiger partial charge in [-0.25, -0.2) is 4.98 Å². The van der Waals surface area contributed by atoms with Crippen LogP contribution in [0.4, 0.5) is 0 Å². The number of aromatic nitrogens is 3. The van der Waals surface area contributed by atoms with Crippen LogP contribution in [0.3, 0.4) is 0 Å². The molecule has 7 rings (SSSR count). The van der Waals surface area contributed by atoms with Gasteiger partial charge in [-0.3, -0.25) is 4.98 Å². The van der Waals surface area contributed by atoms with E-state index in [1.807, 2.05) is 114 Å². The smallest absolute Gasteiger partial charge is 0.216 e. The maximum absolute atomic E-state index is 8.72. The second kappa shape index (κ2) is 12.5. The summed E-state index contributed by atoms with van der Waals surface area (Å²) in [6, 6.07) is 30.3. The predicted octanol–water partition coefficient (Wildman–Crippen LogP) is 10.1. The SMILES string of the molecule is Cc1ccc(-c2[c-]cccc2)nc1.[2H]C([2H])(c1sc2nc(-c3[c-]ccc4c3oc3nc(C)ccc34)ccc2c1C)C(C)(C)C.[Ir]. The third kappa shape index (κ3) is 6.62. The molecule has 0 unspecified atom stereocenters. The van der Waals surface area contributed by atoms with Gasteiger partial charge in [-0.15, -0.1) is 65.4 Å². The first-order valence-corrected chi connectivity index (χ1v) is 14.8. The van der Waals surface area contributed by atoms with Gasteiger partial charge in [0.1, 0.15) is 4.83 Å². The molecule has 0 N–H and O–H groups in total. The second-order valence-electron chi connectivity index (χ2n) is 11.5.